The van der Waals surface area contributed by atoms with Gasteiger partial charge in [0, 0.05) is 13.1 Å². The normalized spacial score (nSPS) is 11.8. The first-order valence-corrected chi connectivity index (χ1v) is 9.36. The average molecular weight is 340 g/mol. The summed E-state index contributed by atoms with van der Waals surface area (Å²) in [6.45, 7) is 13.7. The first-order valence-electron chi connectivity index (χ1n) is 9.36. The minimum absolute atomic E-state index is 0.213. The largest absolute Gasteiger partial charge is 0.494 e. The summed E-state index contributed by atoms with van der Waals surface area (Å²) < 4.78 is 5.76. The monoisotopic (exact) mass is 339 g/mol. The van der Waals surface area contributed by atoms with E-state index >= 15 is 0 Å². The molecule has 1 N–H and O–H groups in total. The fourth-order valence-electron chi connectivity index (χ4n) is 2.59. The van der Waals surface area contributed by atoms with Gasteiger partial charge in [0.15, 0.2) is 0 Å². The Bertz CT molecular complexity index is 621. The Balaban J connectivity index is 1.76. The van der Waals surface area contributed by atoms with Crippen molar-refractivity contribution in [3.8, 4) is 5.75 Å². The van der Waals surface area contributed by atoms with Crippen molar-refractivity contribution in [2.45, 2.75) is 59.5 Å². The highest BCUT2D eigenvalue weighted by Crippen LogP contribution is 2.22. The molecule has 0 bridgehead atoms. The standard InChI is InChI=1S/C23H33NO/c1-18(2)14-15-25-22-12-8-20(9-13-22)17-24-16-19-6-10-21(11-7-19)23(3,4)5/h6-13,18,24H,14-17H2,1-5H3. The van der Waals surface area contributed by atoms with Crippen LogP contribution in [0.15, 0.2) is 48.5 Å². The number of ether oxygens (including phenoxy) is 1. The SMILES string of the molecule is CC(C)CCOc1ccc(CNCc2ccc(C(C)(C)C)cc2)cc1. The maximum absolute atomic E-state index is 5.76. The zero-order valence-corrected chi connectivity index (χ0v) is 16.4. The van der Waals surface area contributed by atoms with Crippen molar-refractivity contribution in [2.75, 3.05) is 6.61 Å². The van der Waals surface area contributed by atoms with Crippen LogP contribution in [0.2, 0.25) is 0 Å². The molecule has 0 aliphatic heterocycles. The fraction of sp³-hybridized carbons (Fsp3) is 0.478. The van der Waals surface area contributed by atoms with Gasteiger partial charge in [0.05, 0.1) is 6.61 Å². The lowest BCUT2D eigenvalue weighted by molar-refractivity contribution is 0.289. The molecule has 2 nitrogen and oxygen atoms in total. The van der Waals surface area contributed by atoms with Gasteiger partial charge in [-0.05, 0) is 46.6 Å². The molecule has 0 saturated carbocycles. The van der Waals surface area contributed by atoms with Crippen molar-refractivity contribution in [3.05, 3.63) is 65.2 Å². The molecule has 2 aromatic carbocycles. The molecule has 2 rings (SSSR count). The van der Waals surface area contributed by atoms with Gasteiger partial charge in [-0.1, -0.05) is 71.0 Å². The molecule has 2 aromatic rings. The van der Waals surface area contributed by atoms with Gasteiger partial charge in [0.1, 0.15) is 5.75 Å². The van der Waals surface area contributed by atoms with Crippen LogP contribution in [-0.2, 0) is 18.5 Å². The molecule has 0 heterocycles. The van der Waals surface area contributed by atoms with Crippen molar-refractivity contribution < 1.29 is 4.74 Å². The lowest BCUT2D eigenvalue weighted by atomic mass is 9.87. The summed E-state index contributed by atoms with van der Waals surface area (Å²) in [6.07, 6.45) is 1.09. The third-order valence-corrected chi connectivity index (χ3v) is 4.37. The van der Waals surface area contributed by atoms with E-state index in [4.69, 9.17) is 4.74 Å². The van der Waals surface area contributed by atoms with Crippen LogP contribution in [0, 0.1) is 5.92 Å². The molecular formula is C23H33NO. The first-order chi connectivity index (χ1) is 11.8. The van der Waals surface area contributed by atoms with E-state index in [1.807, 2.05) is 0 Å². The summed E-state index contributed by atoms with van der Waals surface area (Å²) in [5.41, 5.74) is 4.19. The lowest BCUT2D eigenvalue weighted by Crippen LogP contribution is -2.14. The summed E-state index contributed by atoms with van der Waals surface area (Å²) in [4.78, 5) is 0. The van der Waals surface area contributed by atoms with Crippen LogP contribution in [0.4, 0.5) is 0 Å². The minimum Gasteiger partial charge on any atom is -0.494 e. The first kappa shape index (κ1) is 19.5. The van der Waals surface area contributed by atoms with E-state index in [2.05, 4.69) is 88.5 Å². The van der Waals surface area contributed by atoms with E-state index in [0.717, 1.165) is 31.9 Å². The third kappa shape index (κ3) is 6.91. The quantitative estimate of drug-likeness (QED) is 0.666. The molecule has 0 aliphatic rings. The molecule has 0 aliphatic carbocycles. The van der Waals surface area contributed by atoms with Gasteiger partial charge < -0.3 is 10.1 Å². The summed E-state index contributed by atoms with van der Waals surface area (Å²) in [5.74, 6) is 1.64. The van der Waals surface area contributed by atoms with Crippen LogP contribution in [0.25, 0.3) is 0 Å². The molecule has 0 aromatic heterocycles. The van der Waals surface area contributed by atoms with Crippen LogP contribution in [-0.4, -0.2) is 6.61 Å². The van der Waals surface area contributed by atoms with E-state index in [0.29, 0.717) is 5.92 Å². The van der Waals surface area contributed by atoms with Crippen LogP contribution in [0.1, 0.15) is 57.7 Å². The van der Waals surface area contributed by atoms with Crippen molar-refractivity contribution >= 4 is 0 Å². The van der Waals surface area contributed by atoms with Gasteiger partial charge in [-0.2, -0.15) is 0 Å². The van der Waals surface area contributed by atoms with Crippen molar-refractivity contribution in [3.63, 3.8) is 0 Å². The Morgan fingerprint density at radius 2 is 1.36 bits per heavy atom. The predicted molar refractivity (Wildman–Crippen MR) is 107 cm³/mol. The van der Waals surface area contributed by atoms with Gasteiger partial charge >= 0.3 is 0 Å². The van der Waals surface area contributed by atoms with E-state index < -0.39 is 0 Å². The smallest absolute Gasteiger partial charge is 0.119 e. The van der Waals surface area contributed by atoms with Crippen molar-refractivity contribution in [1.82, 2.24) is 5.32 Å². The molecule has 25 heavy (non-hydrogen) atoms. The fourth-order valence-corrected chi connectivity index (χ4v) is 2.59. The Hall–Kier alpha value is -1.80. The summed E-state index contributed by atoms with van der Waals surface area (Å²) in [6, 6.07) is 17.3. The van der Waals surface area contributed by atoms with E-state index in [1.54, 1.807) is 0 Å². The van der Waals surface area contributed by atoms with Crippen LogP contribution >= 0.6 is 0 Å². The molecule has 0 radical (unpaired) electrons. The molecule has 0 atom stereocenters. The highest BCUT2D eigenvalue weighted by Gasteiger charge is 2.12. The summed E-state index contributed by atoms with van der Waals surface area (Å²) in [7, 11) is 0. The maximum atomic E-state index is 5.76. The Morgan fingerprint density at radius 1 is 0.840 bits per heavy atom. The van der Waals surface area contributed by atoms with E-state index in [1.165, 1.54) is 16.7 Å². The van der Waals surface area contributed by atoms with Crippen LogP contribution < -0.4 is 10.1 Å². The molecule has 0 spiro atoms. The van der Waals surface area contributed by atoms with Gasteiger partial charge in [0.2, 0.25) is 0 Å². The van der Waals surface area contributed by atoms with Gasteiger partial charge in [-0.25, -0.2) is 0 Å². The molecule has 2 heteroatoms. The lowest BCUT2D eigenvalue weighted by Gasteiger charge is -2.19. The molecule has 136 valence electrons. The van der Waals surface area contributed by atoms with Crippen molar-refractivity contribution in [2.24, 2.45) is 5.92 Å². The Kier molecular flexibility index (Phi) is 7.07. The number of hydrogen-bond acceptors (Lipinski definition) is 2. The Labute approximate surface area is 153 Å². The number of hydrogen-bond donors (Lipinski definition) is 1. The third-order valence-electron chi connectivity index (χ3n) is 4.37. The second-order valence-electron chi connectivity index (χ2n) is 8.23. The van der Waals surface area contributed by atoms with Gasteiger partial charge in [-0.15, -0.1) is 0 Å². The highest BCUT2D eigenvalue weighted by molar-refractivity contribution is 5.28. The summed E-state index contributed by atoms with van der Waals surface area (Å²) in [5, 5.41) is 3.51. The average Bonchev–Trinajstić information content (AvgIpc) is 2.56. The zero-order valence-electron chi connectivity index (χ0n) is 16.4. The van der Waals surface area contributed by atoms with Gasteiger partial charge in [-0.3, -0.25) is 0 Å². The number of nitrogens with one attached hydrogen (secondary N) is 1. The van der Waals surface area contributed by atoms with E-state index in [9.17, 15) is 0 Å². The minimum atomic E-state index is 0.213. The highest BCUT2D eigenvalue weighted by atomic mass is 16.5. The molecule has 0 amide bonds. The van der Waals surface area contributed by atoms with Gasteiger partial charge in [0.25, 0.3) is 0 Å². The maximum Gasteiger partial charge on any atom is 0.119 e. The van der Waals surface area contributed by atoms with Crippen LogP contribution in [0.3, 0.4) is 0 Å². The Morgan fingerprint density at radius 3 is 1.84 bits per heavy atom. The van der Waals surface area contributed by atoms with E-state index in [-0.39, 0.29) is 5.41 Å². The van der Waals surface area contributed by atoms with Crippen molar-refractivity contribution in [1.29, 1.82) is 0 Å². The molecular weight excluding hydrogens is 306 g/mol. The number of benzene rings is 2. The second-order valence-corrected chi connectivity index (χ2v) is 8.23. The number of rotatable bonds is 8. The predicted octanol–water partition coefficient (Wildman–Crippen LogP) is 5.70. The topological polar surface area (TPSA) is 21.3 Å². The zero-order chi connectivity index (χ0) is 18.3. The molecule has 0 saturated heterocycles. The molecule has 0 unspecified atom stereocenters. The molecule has 0 fully saturated rings. The van der Waals surface area contributed by atoms with Crippen LogP contribution in [0.5, 0.6) is 5.75 Å². The summed E-state index contributed by atoms with van der Waals surface area (Å²) >= 11 is 0. The second kappa shape index (κ2) is 9.05.